The molecular weight excluding hydrogens is 797 g/mol. The van der Waals surface area contributed by atoms with E-state index in [4.69, 9.17) is 4.42 Å². The van der Waals surface area contributed by atoms with Crippen LogP contribution in [0.2, 0.25) is 0 Å². The molecule has 0 saturated heterocycles. The summed E-state index contributed by atoms with van der Waals surface area (Å²) < 4.78 is 6.29. The maximum Gasteiger partial charge on any atom is 0.135 e. The van der Waals surface area contributed by atoms with E-state index < -0.39 is 0 Å². The quantitative estimate of drug-likeness (QED) is 0.128. The van der Waals surface area contributed by atoms with Crippen molar-refractivity contribution in [2.45, 2.75) is 47.0 Å². The summed E-state index contributed by atoms with van der Waals surface area (Å²) in [6, 6.07) is 72.6. The molecule has 0 bridgehead atoms. The van der Waals surface area contributed by atoms with Gasteiger partial charge in [-0.25, -0.2) is 0 Å². The van der Waals surface area contributed by atoms with E-state index in [0.29, 0.717) is 0 Å². The fourth-order valence-corrected chi connectivity index (χ4v) is 13.3. The van der Waals surface area contributed by atoms with Gasteiger partial charge in [-0.3, -0.25) is 0 Å². The van der Waals surface area contributed by atoms with Crippen LogP contribution in [0.1, 0.15) is 52.7 Å². The third-order valence-corrected chi connectivity index (χ3v) is 15.3. The van der Waals surface area contributed by atoms with Gasteiger partial charge in [-0.1, -0.05) is 205 Å². The molecule has 1 nitrogen and oxygen atoms in total. The fourth-order valence-electron chi connectivity index (χ4n) is 13.3. The molecule has 13 rings (SSSR count). The van der Waals surface area contributed by atoms with Crippen LogP contribution in [0.5, 0.6) is 0 Å². The lowest BCUT2D eigenvalue weighted by molar-refractivity contribution is 0.0977. The average Bonchev–Trinajstić information content (AvgIpc) is 3.88. The van der Waals surface area contributed by atoms with Crippen molar-refractivity contribution >= 4 is 75.8 Å². The second-order valence-electron chi connectivity index (χ2n) is 20.7. The second-order valence-corrected chi connectivity index (χ2v) is 20.7. The standard InChI is InChI=1S/C65H50O/c1-63(2,3)65(64(4,5)6)61-51-31-15-9-24-44(51)53(38-55(61)60-46-26-10-7-22-42(46)43-23-8-16-32-52(43)62(60)65)39-20-19-21-40(36-39)58-47-27-11-13-29-49(47)59(50-30-14-12-28-48(50)58)41-34-35-57-54(37-41)45-25-17-18-33-56(45)66-57/h7-38H,1-6H3. The molecule has 1 heterocycles. The summed E-state index contributed by atoms with van der Waals surface area (Å²) in [4.78, 5) is 0. The largest absolute Gasteiger partial charge is 0.456 e. The molecule has 1 aliphatic carbocycles. The summed E-state index contributed by atoms with van der Waals surface area (Å²) in [5.74, 6) is 0. The summed E-state index contributed by atoms with van der Waals surface area (Å²) >= 11 is 0. The van der Waals surface area contributed by atoms with Gasteiger partial charge in [0, 0.05) is 16.2 Å². The van der Waals surface area contributed by atoms with Crippen LogP contribution in [0.3, 0.4) is 0 Å². The zero-order valence-corrected chi connectivity index (χ0v) is 38.4. The van der Waals surface area contributed by atoms with Crippen molar-refractivity contribution in [1.82, 2.24) is 0 Å². The normalized spacial score (nSPS) is 13.7. The third-order valence-electron chi connectivity index (χ3n) is 15.3. The molecule has 0 saturated carbocycles. The molecular formula is C65H50O. The van der Waals surface area contributed by atoms with Gasteiger partial charge in [0.15, 0.2) is 0 Å². The number of benzene rings is 11. The molecule has 1 aromatic heterocycles. The fraction of sp³-hybridized carbons (Fsp3) is 0.138. The van der Waals surface area contributed by atoms with Gasteiger partial charge in [0.2, 0.25) is 0 Å². The summed E-state index contributed by atoms with van der Waals surface area (Å²) in [5, 5.41) is 15.2. The van der Waals surface area contributed by atoms with Gasteiger partial charge in [-0.15, -0.1) is 0 Å². The summed E-state index contributed by atoms with van der Waals surface area (Å²) in [5.41, 5.74) is 14.3. The molecule has 316 valence electrons. The minimum absolute atomic E-state index is 0.132. The lowest BCUT2D eigenvalue weighted by Crippen LogP contribution is -2.50. The number of hydrogen-bond acceptors (Lipinski definition) is 1. The van der Waals surface area contributed by atoms with Crippen molar-refractivity contribution in [3.63, 3.8) is 0 Å². The topological polar surface area (TPSA) is 13.1 Å². The van der Waals surface area contributed by atoms with Crippen molar-refractivity contribution < 1.29 is 4.42 Å². The van der Waals surface area contributed by atoms with E-state index >= 15 is 0 Å². The smallest absolute Gasteiger partial charge is 0.135 e. The van der Waals surface area contributed by atoms with Crippen LogP contribution in [0.15, 0.2) is 199 Å². The Balaban J connectivity index is 1.09. The molecule has 1 aliphatic rings. The zero-order valence-electron chi connectivity index (χ0n) is 38.4. The summed E-state index contributed by atoms with van der Waals surface area (Å²) in [6.45, 7) is 14.9. The van der Waals surface area contributed by atoms with E-state index in [1.54, 1.807) is 0 Å². The van der Waals surface area contributed by atoms with E-state index in [1.165, 1.54) is 109 Å². The molecule has 0 spiro atoms. The van der Waals surface area contributed by atoms with Gasteiger partial charge in [0.1, 0.15) is 11.2 Å². The Kier molecular flexibility index (Phi) is 8.12. The van der Waals surface area contributed by atoms with Crippen molar-refractivity contribution in [1.29, 1.82) is 0 Å². The number of para-hydroxylation sites is 1. The second kappa shape index (κ2) is 13.8. The predicted molar refractivity (Wildman–Crippen MR) is 283 cm³/mol. The highest BCUT2D eigenvalue weighted by Gasteiger charge is 2.59. The number of hydrogen-bond donors (Lipinski definition) is 0. The van der Waals surface area contributed by atoms with Crippen LogP contribution in [0.25, 0.3) is 120 Å². The Bertz CT molecular complexity index is 3940. The lowest BCUT2D eigenvalue weighted by Gasteiger charge is -2.54. The number of fused-ring (bicyclic) bond motifs is 15. The van der Waals surface area contributed by atoms with Gasteiger partial charge >= 0.3 is 0 Å². The first-order valence-electron chi connectivity index (χ1n) is 23.5. The molecule has 0 atom stereocenters. The van der Waals surface area contributed by atoms with Crippen LogP contribution in [-0.2, 0) is 5.41 Å². The van der Waals surface area contributed by atoms with Gasteiger partial charge in [-0.05, 0) is 151 Å². The zero-order chi connectivity index (χ0) is 44.7. The van der Waals surface area contributed by atoms with Gasteiger partial charge in [0.25, 0.3) is 0 Å². The van der Waals surface area contributed by atoms with E-state index in [0.717, 1.165) is 21.9 Å². The minimum atomic E-state index is -0.316. The molecule has 12 aromatic rings. The first-order chi connectivity index (χ1) is 32.0. The third kappa shape index (κ3) is 5.17. The van der Waals surface area contributed by atoms with E-state index in [-0.39, 0.29) is 16.2 Å². The number of furan rings is 1. The maximum atomic E-state index is 6.29. The Morgan fingerprint density at radius 1 is 0.288 bits per heavy atom. The van der Waals surface area contributed by atoms with Crippen molar-refractivity contribution in [3.05, 3.63) is 205 Å². The Morgan fingerprint density at radius 3 is 1.29 bits per heavy atom. The van der Waals surface area contributed by atoms with Gasteiger partial charge < -0.3 is 4.42 Å². The molecule has 0 amide bonds. The highest BCUT2D eigenvalue weighted by molar-refractivity contribution is 6.23. The molecule has 0 aliphatic heterocycles. The summed E-state index contributed by atoms with van der Waals surface area (Å²) in [6.07, 6.45) is 0. The van der Waals surface area contributed by atoms with E-state index in [1.807, 2.05) is 6.07 Å². The molecule has 1 heteroatoms. The van der Waals surface area contributed by atoms with Crippen LogP contribution >= 0.6 is 0 Å². The molecule has 11 aromatic carbocycles. The monoisotopic (exact) mass is 846 g/mol. The number of rotatable bonds is 3. The lowest BCUT2D eigenvalue weighted by atomic mass is 9.49. The Labute approximate surface area is 386 Å². The molecule has 0 unspecified atom stereocenters. The van der Waals surface area contributed by atoms with Crippen LogP contribution in [0, 0.1) is 10.8 Å². The van der Waals surface area contributed by atoms with E-state index in [9.17, 15) is 0 Å². The molecule has 0 fully saturated rings. The van der Waals surface area contributed by atoms with E-state index in [2.05, 4.69) is 230 Å². The Hall–Kier alpha value is -7.48. The highest BCUT2D eigenvalue weighted by atomic mass is 16.3. The van der Waals surface area contributed by atoms with Crippen LogP contribution in [0.4, 0.5) is 0 Å². The van der Waals surface area contributed by atoms with Gasteiger partial charge in [-0.2, -0.15) is 0 Å². The molecule has 0 N–H and O–H groups in total. The van der Waals surface area contributed by atoms with Gasteiger partial charge in [0.05, 0.1) is 0 Å². The van der Waals surface area contributed by atoms with Crippen LogP contribution < -0.4 is 0 Å². The highest BCUT2D eigenvalue weighted by Crippen LogP contribution is 2.69. The first kappa shape index (κ1) is 38.9. The Morgan fingerprint density at radius 2 is 0.712 bits per heavy atom. The molecule has 0 radical (unpaired) electrons. The minimum Gasteiger partial charge on any atom is -0.456 e. The first-order valence-corrected chi connectivity index (χ1v) is 23.5. The predicted octanol–water partition coefficient (Wildman–Crippen LogP) is 18.7. The maximum absolute atomic E-state index is 6.29. The van der Waals surface area contributed by atoms with Crippen LogP contribution in [-0.4, -0.2) is 0 Å². The average molecular weight is 847 g/mol. The van der Waals surface area contributed by atoms with Crippen molar-refractivity contribution in [2.24, 2.45) is 10.8 Å². The van der Waals surface area contributed by atoms with Crippen molar-refractivity contribution in [3.8, 4) is 44.5 Å². The summed E-state index contributed by atoms with van der Waals surface area (Å²) in [7, 11) is 0. The SMILES string of the molecule is CC(C)(C)C1(C(C)(C)C)c2c(cc(-c3cccc(-c4c5ccccc5c(-c5ccc6oc7ccccc7c6c5)c5ccccc45)c3)c3ccccc23)-c2c1c1ccccc1c1ccccc21. The van der Waals surface area contributed by atoms with Crippen molar-refractivity contribution in [2.75, 3.05) is 0 Å². The molecule has 66 heavy (non-hydrogen) atoms.